The zero-order chi connectivity index (χ0) is 72.7. The molecule has 0 bridgehead atoms. The molecule has 2 aliphatic heterocycles. The molecule has 0 aliphatic carbocycles. The molecule has 2 aliphatic rings. The molecule has 0 aromatic carbocycles. The number of rotatable bonds is 56. The monoisotopic (exact) mass is 1410 g/mol. The van der Waals surface area contributed by atoms with Gasteiger partial charge in [-0.2, -0.15) is 0 Å². The zero-order valence-electron chi connectivity index (χ0n) is 58.6. The number of ether oxygens (including phenoxy) is 12. The molecule has 0 aromatic rings. The fourth-order valence-electron chi connectivity index (χ4n) is 9.66. The van der Waals surface area contributed by atoms with Crippen LogP contribution in [-0.4, -0.2) is 272 Å². The van der Waals surface area contributed by atoms with Crippen molar-refractivity contribution < 1.29 is 126 Å². The van der Waals surface area contributed by atoms with Gasteiger partial charge in [0, 0.05) is 149 Å². The van der Waals surface area contributed by atoms with Gasteiger partial charge in [-0.15, -0.1) is 0 Å². The Morgan fingerprint density at radius 1 is 0.480 bits per heavy atom. The summed E-state index contributed by atoms with van der Waals surface area (Å²) in [5.41, 5.74) is 5.20. The van der Waals surface area contributed by atoms with Gasteiger partial charge in [0.1, 0.15) is 50.3 Å². The molecule has 13 N–H and O–H groups in total. The number of nitrogens with one attached hydrogen (secondary N) is 6. The third-order valence-corrected chi connectivity index (χ3v) is 15.5. The largest absolute Gasteiger partial charge is 0.463 e. The van der Waals surface area contributed by atoms with Crippen molar-refractivity contribution in [2.24, 2.45) is 23.0 Å². The van der Waals surface area contributed by atoms with Crippen LogP contribution in [0, 0.1) is 17.3 Å². The van der Waals surface area contributed by atoms with E-state index in [4.69, 9.17) is 62.6 Å². The second-order valence-electron chi connectivity index (χ2n) is 25.1. The number of carbonyl (C=O) groups is 9. The Bertz CT molecular complexity index is 2180. The van der Waals surface area contributed by atoms with E-state index in [2.05, 4.69) is 31.9 Å². The third-order valence-electron chi connectivity index (χ3n) is 15.5. The van der Waals surface area contributed by atoms with Gasteiger partial charge in [-0.1, -0.05) is 27.7 Å². The Kier molecular flexibility index (Phi) is 47.6. The van der Waals surface area contributed by atoms with Gasteiger partial charge in [0.25, 0.3) is 0 Å². The van der Waals surface area contributed by atoms with Gasteiger partial charge in [0.05, 0.1) is 57.9 Å². The molecule has 568 valence electrons. The molecule has 2 heterocycles. The summed E-state index contributed by atoms with van der Waals surface area (Å²) in [7, 11) is 0. The average Bonchev–Trinajstić information content (AvgIpc) is 0.836. The summed E-state index contributed by atoms with van der Waals surface area (Å²) < 4.78 is 67.3. The van der Waals surface area contributed by atoms with E-state index in [-0.39, 0.29) is 166 Å². The number of hydrogen-bond acceptors (Lipinski definition) is 27. The summed E-state index contributed by atoms with van der Waals surface area (Å²) in [5.74, 6) is -3.39. The lowest BCUT2D eigenvalue weighted by atomic mass is 9.92. The first-order valence-corrected chi connectivity index (χ1v) is 34.4. The molecule has 13 atom stereocenters. The van der Waals surface area contributed by atoms with Gasteiger partial charge in [0.15, 0.2) is 18.9 Å². The second kappa shape index (κ2) is 52.6. The minimum Gasteiger partial charge on any atom is -0.463 e. The van der Waals surface area contributed by atoms with E-state index >= 15 is 0 Å². The van der Waals surface area contributed by atoms with Gasteiger partial charge in [0.2, 0.25) is 35.4 Å². The Balaban J connectivity index is 1.73. The molecule has 2 saturated heterocycles. The van der Waals surface area contributed by atoms with E-state index in [9.17, 15) is 68.7 Å². The molecule has 2 rings (SSSR count). The summed E-state index contributed by atoms with van der Waals surface area (Å²) in [6.07, 6.45) is -4.32. The first-order valence-electron chi connectivity index (χ1n) is 34.4. The molecule has 0 spiro atoms. The van der Waals surface area contributed by atoms with Crippen LogP contribution in [0.1, 0.15) is 151 Å². The highest BCUT2D eigenvalue weighted by Crippen LogP contribution is 2.28. The Morgan fingerprint density at radius 2 is 0.847 bits per heavy atom. The fraction of sp³-hybridized carbons (Fsp3) is 0.862. The minimum atomic E-state index is -1.37. The molecule has 33 heteroatoms. The summed E-state index contributed by atoms with van der Waals surface area (Å²) in [4.78, 5) is 109. The van der Waals surface area contributed by atoms with Gasteiger partial charge < -0.3 is 120 Å². The highest BCUT2D eigenvalue weighted by atomic mass is 16.7. The van der Waals surface area contributed by atoms with Crippen LogP contribution in [0.15, 0.2) is 0 Å². The van der Waals surface area contributed by atoms with Crippen LogP contribution in [0.4, 0.5) is 0 Å². The van der Waals surface area contributed by atoms with Crippen molar-refractivity contribution >= 4 is 53.4 Å². The highest BCUT2D eigenvalue weighted by Gasteiger charge is 2.45. The van der Waals surface area contributed by atoms with Crippen molar-refractivity contribution in [1.82, 2.24) is 31.9 Å². The van der Waals surface area contributed by atoms with E-state index in [1.54, 1.807) is 6.92 Å². The van der Waals surface area contributed by atoms with Crippen LogP contribution in [0.25, 0.3) is 0 Å². The summed E-state index contributed by atoms with van der Waals surface area (Å²) in [6, 6.07) is -1.04. The molecular weight excluding hydrogens is 1290 g/mol. The maximum Gasteiger partial charge on any atom is 0.302 e. The molecule has 2 fully saturated rings. The van der Waals surface area contributed by atoms with Crippen LogP contribution in [0.3, 0.4) is 0 Å². The van der Waals surface area contributed by atoms with E-state index in [0.717, 1.165) is 0 Å². The van der Waals surface area contributed by atoms with Crippen molar-refractivity contribution in [3.05, 3.63) is 0 Å². The van der Waals surface area contributed by atoms with Crippen molar-refractivity contribution in [3.8, 4) is 0 Å². The highest BCUT2D eigenvalue weighted by molar-refractivity contribution is 5.78. The van der Waals surface area contributed by atoms with Crippen LogP contribution in [0.5, 0.6) is 0 Å². The number of carbonyl (C=O) groups excluding carboxylic acids is 9. The molecule has 0 aromatic heterocycles. The number of nitrogens with two attached hydrogens (primary N) is 1. The second-order valence-corrected chi connectivity index (χ2v) is 25.1. The van der Waals surface area contributed by atoms with E-state index in [1.807, 2.05) is 20.8 Å². The van der Waals surface area contributed by atoms with Gasteiger partial charge in [-0.05, 0) is 57.8 Å². The third kappa shape index (κ3) is 41.4. The van der Waals surface area contributed by atoms with Crippen molar-refractivity contribution in [1.29, 1.82) is 0 Å². The number of aliphatic hydroxyl groups excluding tert-OH is 5. The topological polar surface area (TPSA) is 464 Å². The molecule has 6 unspecified atom stereocenters. The van der Waals surface area contributed by atoms with Crippen molar-refractivity contribution in [3.63, 3.8) is 0 Å². The number of hydrogen-bond donors (Lipinski definition) is 12. The lowest BCUT2D eigenvalue weighted by Crippen LogP contribution is -2.62. The van der Waals surface area contributed by atoms with Gasteiger partial charge >= 0.3 is 17.9 Å². The lowest BCUT2D eigenvalue weighted by Gasteiger charge is -2.41. The number of unbranched alkanes of at least 4 members (excludes halogenated alkanes) is 3. The number of amides is 6. The number of esters is 3. The zero-order valence-corrected chi connectivity index (χ0v) is 58.6. The predicted molar refractivity (Wildman–Crippen MR) is 349 cm³/mol. The molecule has 33 nitrogen and oxygen atoms in total. The Labute approximate surface area is 576 Å². The summed E-state index contributed by atoms with van der Waals surface area (Å²) >= 11 is 0. The molecule has 0 radical (unpaired) electrons. The molecule has 0 saturated carbocycles. The first-order chi connectivity index (χ1) is 46.7. The SMILES string of the molecule is CC(=O)OCC(CCO)O[C@@H](OCCCCC(=O)NCCCNC(=O)CCOCC(C)(COCCC(=O)NCCCNC(=O)CCCCO[C@@H]1OC(COC(C)=O)[C@H](O)C(O)[C@@H]1C)COCCC(=O)NCCCNC(=O)CCCCO[C@@H]1OC(COC(C)=O)[C@H](O)C(O)[C@@H]1N)C(C)C. The average molecular weight is 1410 g/mol. The normalized spacial score (nSPS) is 22.0. The van der Waals surface area contributed by atoms with Crippen molar-refractivity contribution in [2.75, 3.05) is 125 Å². The van der Waals surface area contributed by atoms with Crippen LogP contribution >= 0.6 is 0 Å². The maximum absolute atomic E-state index is 12.7. The summed E-state index contributed by atoms with van der Waals surface area (Å²) in [6.45, 7) is 13.7. The van der Waals surface area contributed by atoms with Crippen LogP contribution in [0.2, 0.25) is 0 Å². The Morgan fingerprint density at radius 3 is 1.23 bits per heavy atom. The predicted octanol–water partition coefficient (Wildman–Crippen LogP) is -1.06. The lowest BCUT2D eigenvalue weighted by molar-refractivity contribution is -0.283. The minimum absolute atomic E-state index is 0.00585. The van der Waals surface area contributed by atoms with Crippen LogP contribution < -0.4 is 37.6 Å². The van der Waals surface area contributed by atoms with E-state index in [0.29, 0.717) is 104 Å². The van der Waals surface area contributed by atoms with Gasteiger partial charge in [-0.25, -0.2) is 0 Å². The fourth-order valence-corrected chi connectivity index (χ4v) is 9.66. The molecule has 6 amide bonds. The Hall–Kier alpha value is -5.37. The number of aliphatic hydroxyl groups is 5. The maximum atomic E-state index is 12.7. The van der Waals surface area contributed by atoms with Gasteiger partial charge in [-0.3, -0.25) is 43.2 Å². The standard InChI is InChI=1S/C65H117N7O26/c1-43(2)62(96-48(20-30-73)37-93-45(4)74)90-31-11-8-17-51(77)67-24-14-27-70-54(80)21-34-87-40-65(7,41-88-35-22-55(81)71-28-15-25-68-52(78)18-9-12-32-91-63-44(3)58(83)59(84)49(97-63)38-94-46(5)75)42-89-36-23-56(82)72-29-16-26-69-53(79)19-10-13-33-92-64-57(66)61(86)60(85)50(98-64)39-95-47(6)76/h43-44,48-50,57-64,73,83-86H,8-42,66H2,1-7H3,(H,67,77)(H,68,78)(H,69,79)(H,70,80)(H,71,81)(H,72,82)/t44-,48?,49?,50?,57-,58?,59-,60-,61?,62+,63+,64+,65?/m0/s1. The molecule has 98 heavy (non-hydrogen) atoms. The van der Waals surface area contributed by atoms with E-state index in [1.165, 1.54) is 20.8 Å². The summed E-state index contributed by atoms with van der Waals surface area (Å²) in [5, 5.41) is 67.6. The first kappa shape index (κ1) is 88.7. The van der Waals surface area contributed by atoms with Crippen molar-refractivity contribution in [2.45, 2.75) is 219 Å². The quantitative estimate of drug-likeness (QED) is 0.0149. The van der Waals surface area contributed by atoms with E-state index < -0.39 is 96.9 Å². The molecular formula is C65H117N7O26. The smallest absolute Gasteiger partial charge is 0.302 e. The van der Waals surface area contributed by atoms with Crippen LogP contribution in [-0.2, 0) is 100.0 Å².